The zero-order valence-corrected chi connectivity index (χ0v) is 17.7. The van der Waals surface area contributed by atoms with Crippen LogP contribution in [-0.2, 0) is 13.1 Å². The lowest BCUT2D eigenvalue weighted by atomic mass is 10.1. The van der Waals surface area contributed by atoms with Crippen LogP contribution in [0.15, 0.2) is 41.7 Å². The van der Waals surface area contributed by atoms with Crippen LogP contribution < -0.4 is 16.1 Å². The van der Waals surface area contributed by atoms with Crippen LogP contribution in [0.25, 0.3) is 0 Å². The fraction of sp³-hybridized carbons (Fsp3) is 0.478. The second kappa shape index (κ2) is 10.2. The minimum Gasteiger partial charge on any atom is -0.352 e. The van der Waals surface area contributed by atoms with Gasteiger partial charge in [0.25, 0.3) is 11.8 Å². The third-order valence-electron chi connectivity index (χ3n) is 5.43. The van der Waals surface area contributed by atoms with Crippen LogP contribution >= 0.6 is 0 Å². The van der Waals surface area contributed by atoms with Gasteiger partial charge in [-0.2, -0.15) is 0 Å². The topological polar surface area (TPSA) is 93.1 Å². The van der Waals surface area contributed by atoms with Gasteiger partial charge in [0.15, 0.2) is 0 Å². The average molecular weight is 411 g/mol. The van der Waals surface area contributed by atoms with Crippen LogP contribution in [0.2, 0.25) is 0 Å². The molecule has 0 aliphatic heterocycles. The Labute approximate surface area is 176 Å². The summed E-state index contributed by atoms with van der Waals surface area (Å²) < 4.78 is 1.78. The number of amides is 2. The molecule has 0 unspecified atom stereocenters. The van der Waals surface area contributed by atoms with Crippen molar-refractivity contribution in [2.24, 2.45) is 5.92 Å². The molecule has 2 aromatic rings. The van der Waals surface area contributed by atoms with E-state index in [0.717, 1.165) is 37.7 Å². The summed E-state index contributed by atoms with van der Waals surface area (Å²) in [5.41, 5.74) is 0.376. The van der Waals surface area contributed by atoms with Crippen molar-refractivity contribution >= 4 is 11.8 Å². The van der Waals surface area contributed by atoms with E-state index in [1.807, 2.05) is 0 Å². The molecule has 0 atom stereocenters. The summed E-state index contributed by atoms with van der Waals surface area (Å²) in [5, 5.41) is 5.74. The fourth-order valence-corrected chi connectivity index (χ4v) is 3.60. The SMILES string of the molecule is CC(C)CCn1cc(C(=O)NCc2ccncc2)c(=O)c(C(=O)NC2CCCC2)c1. The summed E-state index contributed by atoms with van der Waals surface area (Å²) in [4.78, 5) is 42.5. The van der Waals surface area contributed by atoms with Crippen LogP contribution in [0.5, 0.6) is 0 Å². The van der Waals surface area contributed by atoms with Crippen molar-refractivity contribution in [3.8, 4) is 0 Å². The van der Waals surface area contributed by atoms with Crippen LogP contribution in [0.4, 0.5) is 0 Å². The number of aryl methyl sites for hydroxylation is 1. The van der Waals surface area contributed by atoms with E-state index in [1.165, 1.54) is 0 Å². The highest BCUT2D eigenvalue weighted by Crippen LogP contribution is 2.18. The van der Waals surface area contributed by atoms with Crippen LogP contribution in [0.1, 0.15) is 72.2 Å². The molecular formula is C23H30N4O3. The fourth-order valence-electron chi connectivity index (χ4n) is 3.60. The number of aromatic nitrogens is 2. The highest BCUT2D eigenvalue weighted by molar-refractivity contribution is 5.99. The van der Waals surface area contributed by atoms with Gasteiger partial charge in [0.2, 0.25) is 5.43 Å². The Hall–Kier alpha value is -2.96. The van der Waals surface area contributed by atoms with Gasteiger partial charge in [0.05, 0.1) is 0 Å². The third kappa shape index (κ3) is 5.78. The smallest absolute Gasteiger partial charge is 0.257 e. The Balaban J connectivity index is 1.83. The molecule has 2 aromatic heterocycles. The van der Waals surface area contributed by atoms with E-state index < -0.39 is 17.2 Å². The molecular weight excluding hydrogens is 380 g/mol. The normalized spacial score (nSPS) is 14.1. The summed E-state index contributed by atoms with van der Waals surface area (Å²) in [6.45, 7) is 5.13. The molecule has 1 aliphatic carbocycles. The van der Waals surface area contributed by atoms with Gasteiger partial charge in [-0.15, -0.1) is 0 Å². The standard InChI is InChI=1S/C23H30N4O3/c1-16(2)9-12-27-14-19(22(29)25-13-17-7-10-24-11-8-17)21(28)20(15-27)23(30)26-18-5-3-4-6-18/h7-8,10-11,14-16,18H,3-6,9,12-13H2,1-2H3,(H,25,29)(H,26,30). The zero-order valence-electron chi connectivity index (χ0n) is 17.7. The number of nitrogens with zero attached hydrogens (tertiary/aromatic N) is 2. The van der Waals surface area contributed by atoms with Gasteiger partial charge < -0.3 is 15.2 Å². The second-order valence-corrected chi connectivity index (χ2v) is 8.33. The maximum atomic E-state index is 13.0. The molecule has 160 valence electrons. The maximum Gasteiger partial charge on any atom is 0.257 e. The molecule has 1 aliphatic rings. The largest absolute Gasteiger partial charge is 0.352 e. The molecule has 0 radical (unpaired) electrons. The Morgan fingerprint density at radius 3 is 2.37 bits per heavy atom. The first kappa shape index (κ1) is 21.7. The van der Waals surface area contributed by atoms with Crippen molar-refractivity contribution in [3.63, 3.8) is 0 Å². The molecule has 0 bridgehead atoms. The van der Waals surface area contributed by atoms with Crippen molar-refractivity contribution in [2.45, 2.75) is 65.1 Å². The Kier molecular flexibility index (Phi) is 7.38. The van der Waals surface area contributed by atoms with Crippen LogP contribution in [0, 0.1) is 5.92 Å². The molecule has 0 spiro atoms. The quantitative estimate of drug-likeness (QED) is 0.700. The monoisotopic (exact) mass is 410 g/mol. The zero-order chi connectivity index (χ0) is 21.5. The van der Waals surface area contributed by atoms with E-state index in [1.54, 1.807) is 41.5 Å². The number of carbonyl (C=O) groups is 2. The Bertz CT molecular complexity index is 931. The highest BCUT2D eigenvalue weighted by atomic mass is 16.2. The van der Waals surface area contributed by atoms with Crippen molar-refractivity contribution < 1.29 is 9.59 Å². The highest BCUT2D eigenvalue weighted by Gasteiger charge is 2.23. The van der Waals surface area contributed by atoms with Crippen molar-refractivity contribution in [3.05, 3.63) is 63.8 Å². The van der Waals surface area contributed by atoms with Gasteiger partial charge in [0, 0.05) is 43.9 Å². The van der Waals surface area contributed by atoms with Gasteiger partial charge in [-0.3, -0.25) is 19.4 Å². The lowest BCUT2D eigenvalue weighted by Gasteiger charge is -2.15. The molecule has 2 N–H and O–H groups in total. The molecule has 2 heterocycles. The lowest BCUT2D eigenvalue weighted by Crippen LogP contribution is -2.38. The predicted octanol–water partition coefficient (Wildman–Crippen LogP) is 2.89. The molecule has 7 heteroatoms. The van der Waals surface area contributed by atoms with Gasteiger partial charge in [-0.25, -0.2) is 0 Å². The van der Waals surface area contributed by atoms with Crippen molar-refractivity contribution in [2.75, 3.05) is 0 Å². The second-order valence-electron chi connectivity index (χ2n) is 8.33. The number of rotatable bonds is 8. The minimum absolute atomic E-state index is 0.00751. The van der Waals surface area contributed by atoms with E-state index in [2.05, 4.69) is 29.5 Å². The number of hydrogen-bond donors (Lipinski definition) is 2. The number of nitrogens with one attached hydrogen (secondary N) is 2. The van der Waals surface area contributed by atoms with E-state index in [4.69, 9.17) is 0 Å². The van der Waals surface area contributed by atoms with E-state index in [0.29, 0.717) is 12.5 Å². The molecule has 0 saturated heterocycles. The van der Waals surface area contributed by atoms with Gasteiger partial charge in [-0.1, -0.05) is 26.7 Å². The van der Waals surface area contributed by atoms with Crippen LogP contribution in [-0.4, -0.2) is 27.4 Å². The molecule has 2 amide bonds. The first-order valence-electron chi connectivity index (χ1n) is 10.7. The van der Waals surface area contributed by atoms with Gasteiger partial charge in [0.1, 0.15) is 11.1 Å². The number of carbonyl (C=O) groups excluding carboxylic acids is 2. The summed E-state index contributed by atoms with van der Waals surface area (Å²) in [6.07, 6.45) is 11.3. The summed E-state index contributed by atoms with van der Waals surface area (Å²) >= 11 is 0. The summed E-state index contributed by atoms with van der Waals surface area (Å²) in [6, 6.07) is 3.70. The molecule has 0 aromatic carbocycles. The van der Waals surface area contributed by atoms with Crippen molar-refractivity contribution in [1.29, 1.82) is 0 Å². The predicted molar refractivity (Wildman–Crippen MR) is 115 cm³/mol. The maximum absolute atomic E-state index is 13.0. The lowest BCUT2D eigenvalue weighted by molar-refractivity contribution is 0.0936. The molecule has 1 saturated carbocycles. The first-order chi connectivity index (χ1) is 14.4. The van der Waals surface area contributed by atoms with E-state index in [-0.39, 0.29) is 23.7 Å². The van der Waals surface area contributed by atoms with Crippen LogP contribution in [0.3, 0.4) is 0 Å². The Morgan fingerprint density at radius 2 is 1.73 bits per heavy atom. The van der Waals surface area contributed by atoms with E-state index >= 15 is 0 Å². The van der Waals surface area contributed by atoms with E-state index in [9.17, 15) is 14.4 Å². The minimum atomic E-state index is -0.529. The molecule has 7 nitrogen and oxygen atoms in total. The number of hydrogen-bond acceptors (Lipinski definition) is 4. The summed E-state index contributed by atoms with van der Waals surface area (Å²) in [7, 11) is 0. The average Bonchev–Trinajstić information content (AvgIpc) is 3.24. The van der Waals surface area contributed by atoms with Gasteiger partial charge in [-0.05, 0) is 42.9 Å². The molecule has 1 fully saturated rings. The third-order valence-corrected chi connectivity index (χ3v) is 5.43. The first-order valence-corrected chi connectivity index (χ1v) is 10.7. The number of pyridine rings is 2. The molecule has 3 rings (SSSR count). The molecule has 30 heavy (non-hydrogen) atoms. The van der Waals surface area contributed by atoms with Crippen molar-refractivity contribution in [1.82, 2.24) is 20.2 Å². The Morgan fingerprint density at radius 1 is 1.10 bits per heavy atom. The summed E-state index contributed by atoms with van der Waals surface area (Å²) in [5.74, 6) is -0.413. The van der Waals surface area contributed by atoms with Gasteiger partial charge >= 0.3 is 0 Å².